The molecule has 2 N–H and O–H groups in total. The molecule has 4 rings (SSSR count). The molecule has 1 aromatic rings. The van der Waals surface area contributed by atoms with Gasteiger partial charge < -0.3 is 20.0 Å². The van der Waals surface area contributed by atoms with Gasteiger partial charge in [0.15, 0.2) is 0 Å². The van der Waals surface area contributed by atoms with Gasteiger partial charge in [0, 0.05) is 52.4 Å². The van der Waals surface area contributed by atoms with Crippen molar-refractivity contribution in [1.82, 2.24) is 24.9 Å². The predicted octanol–water partition coefficient (Wildman–Crippen LogP) is 1.96. The summed E-state index contributed by atoms with van der Waals surface area (Å²) >= 11 is 0. The van der Waals surface area contributed by atoms with Crippen molar-refractivity contribution in [2.24, 2.45) is 0 Å². The number of carbonyl (C=O) groups excluding carboxylic acids is 3. The number of imide groups is 1. The summed E-state index contributed by atoms with van der Waals surface area (Å²) in [6.45, 7) is 8.67. The summed E-state index contributed by atoms with van der Waals surface area (Å²) in [7, 11) is 4.02. The van der Waals surface area contributed by atoms with E-state index in [1.165, 1.54) is 6.07 Å². The summed E-state index contributed by atoms with van der Waals surface area (Å²) in [5.74, 6) is 0.393. The highest BCUT2D eigenvalue weighted by Crippen LogP contribution is 2.31. The number of hydrogen-bond acceptors (Lipinski definition) is 7. The SMILES string of the molecule is C=C/C=C(\N(C)C)N1CCN(C(=O)CN2CCC(c3ccc(N[C@H]4CCC(=O)NC4=O)cc3F)CC2)CC1. The van der Waals surface area contributed by atoms with Crippen molar-refractivity contribution in [3.8, 4) is 0 Å². The Bertz CT molecular complexity index is 1070. The maximum absolute atomic E-state index is 15.0. The number of likely N-dealkylation sites (tertiary alicyclic amines) is 1. The minimum atomic E-state index is -0.541. The Morgan fingerprint density at radius 3 is 2.39 bits per heavy atom. The van der Waals surface area contributed by atoms with Crippen molar-refractivity contribution in [1.29, 1.82) is 0 Å². The average Bonchev–Trinajstić information content (AvgIpc) is 2.89. The van der Waals surface area contributed by atoms with E-state index >= 15 is 0 Å². The van der Waals surface area contributed by atoms with E-state index in [0.29, 0.717) is 37.3 Å². The fraction of sp³-hybridized carbons (Fsp3) is 0.536. The van der Waals surface area contributed by atoms with Crippen LogP contribution in [0.3, 0.4) is 0 Å². The second-order valence-electron chi connectivity index (χ2n) is 10.5. The third-order valence-electron chi connectivity index (χ3n) is 7.65. The quantitative estimate of drug-likeness (QED) is 0.396. The Balaban J connectivity index is 1.23. The summed E-state index contributed by atoms with van der Waals surface area (Å²) in [6, 6.07) is 4.47. The van der Waals surface area contributed by atoms with E-state index < -0.39 is 6.04 Å². The Labute approximate surface area is 224 Å². The summed E-state index contributed by atoms with van der Waals surface area (Å²) < 4.78 is 15.0. The molecule has 9 nitrogen and oxygen atoms in total. The molecular formula is C28H39FN6O3. The van der Waals surface area contributed by atoms with Crippen LogP contribution in [0.5, 0.6) is 0 Å². The number of nitrogens with one attached hydrogen (secondary N) is 2. The number of hydrogen-bond donors (Lipinski definition) is 2. The average molecular weight is 527 g/mol. The van der Waals surface area contributed by atoms with Crippen molar-refractivity contribution < 1.29 is 18.8 Å². The van der Waals surface area contributed by atoms with Crippen LogP contribution in [0.15, 0.2) is 42.8 Å². The molecule has 0 bridgehead atoms. The van der Waals surface area contributed by atoms with Crippen LogP contribution in [0.25, 0.3) is 0 Å². The van der Waals surface area contributed by atoms with E-state index in [1.807, 2.05) is 25.1 Å². The van der Waals surface area contributed by atoms with Gasteiger partial charge in [-0.25, -0.2) is 4.39 Å². The smallest absolute Gasteiger partial charge is 0.249 e. The first-order valence-electron chi connectivity index (χ1n) is 13.4. The largest absolute Gasteiger partial charge is 0.374 e. The number of benzene rings is 1. The first kappa shape index (κ1) is 27.6. The van der Waals surface area contributed by atoms with E-state index in [9.17, 15) is 18.8 Å². The van der Waals surface area contributed by atoms with E-state index in [2.05, 4.69) is 31.9 Å². The molecule has 0 saturated carbocycles. The monoisotopic (exact) mass is 526 g/mol. The lowest BCUT2D eigenvalue weighted by Crippen LogP contribution is -2.52. The molecule has 3 heterocycles. The number of allylic oxidation sites excluding steroid dienone is 2. The van der Waals surface area contributed by atoms with Crippen molar-refractivity contribution in [3.05, 3.63) is 54.1 Å². The number of carbonyl (C=O) groups is 3. The van der Waals surface area contributed by atoms with Gasteiger partial charge in [0.05, 0.1) is 6.54 Å². The Morgan fingerprint density at radius 2 is 1.79 bits per heavy atom. The lowest BCUT2D eigenvalue weighted by atomic mass is 9.89. The van der Waals surface area contributed by atoms with Gasteiger partial charge in [0.1, 0.15) is 17.7 Å². The van der Waals surface area contributed by atoms with Gasteiger partial charge >= 0.3 is 0 Å². The molecule has 0 radical (unpaired) electrons. The number of amides is 3. The van der Waals surface area contributed by atoms with Crippen LogP contribution >= 0.6 is 0 Å². The Kier molecular flexibility index (Phi) is 9.04. The molecule has 3 fully saturated rings. The van der Waals surface area contributed by atoms with Crippen molar-refractivity contribution in [2.75, 3.05) is 65.2 Å². The maximum Gasteiger partial charge on any atom is 0.249 e. The first-order chi connectivity index (χ1) is 18.2. The van der Waals surface area contributed by atoms with Crippen LogP contribution in [0.1, 0.15) is 37.2 Å². The zero-order chi connectivity index (χ0) is 27.2. The molecule has 0 spiro atoms. The maximum atomic E-state index is 15.0. The van der Waals surface area contributed by atoms with Crippen LogP contribution in [0, 0.1) is 5.82 Å². The fourth-order valence-corrected chi connectivity index (χ4v) is 5.50. The Hall–Kier alpha value is -3.40. The molecule has 1 aromatic carbocycles. The van der Waals surface area contributed by atoms with Gasteiger partial charge in [-0.1, -0.05) is 18.7 Å². The second-order valence-corrected chi connectivity index (χ2v) is 10.5. The van der Waals surface area contributed by atoms with Crippen LogP contribution in [-0.4, -0.2) is 103 Å². The number of anilines is 1. The summed E-state index contributed by atoms with van der Waals surface area (Å²) in [6.07, 6.45) is 6.02. The molecule has 3 saturated heterocycles. The first-order valence-corrected chi connectivity index (χ1v) is 13.4. The molecule has 0 aromatic heterocycles. The number of nitrogens with zero attached hydrogens (tertiary/aromatic N) is 4. The topological polar surface area (TPSA) is 88.2 Å². The zero-order valence-corrected chi connectivity index (χ0v) is 22.4. The van der Waals surface area contributed by atoms with Crippen LogP contribution in [-0.2, 0) is 14.4 Å². The van der Waals surface area contributed by atoms with Crippen LogP contribution < -0.4 is 10.6 Å². The van der Waals surface area contributed by atoms with Crippen LogP contribution in [0.4, 0.5) is 10.1 Å². The highest BCUT2D eigenvalue weighted by molar-refractivity contribution is 6.01. The third-order valence-corrected chi connectivity index (χ3v) is 7.65. The van der Waals surface area contributed by atoms with Gasteiger partial charge in [0.2, 0.25) is 17.7 Å². The molecule has 10 heteroatoms. The number of piperidine rings is 2. The Morgan fingerprint density at radius 1 is 1.11 bits per heavy atom. The summed E-state index contributed by atoms with van der Waals surface area (Å²) in [5.41, 5.74) is 1.20. The van der Waals surface area contributed by atoms with Crippen molar-refractivity contribution >= 4 is 23.4 Å². The van der Waals surface area contributed by atoms with Crippen molar-refractivity contribution in [2.45, 2.75) is 37.6 Å². The molecular weight excluding hydrogens is 487 g/mol. The molecule has 1 atom stereocenters. The molecule has 0 aliphatic carbocycles. The van der Waals surface area contributed by atoms with Gasteiger partial charge in [0.25, 0.3) is 0 Å². The lowest BCUT2D eigenvalue weighted by molar-refractivity contribution is -0.135. The molecule has 3 amide bonds. The summed E-state index contributed by atoms with van der Waals surface area (Å²) in [5, 5.41) is 5.34. The highest BCUT2D eigenvalue weighted by Gasteiger charge is 2.29. The number of halogens is 1. The zero-order valence-electron chi connectivity index (χ0n) is 22.4. The van der Waals surface area contributed by atoms with Gasteiger partial charge in [-0.2, -0.15) is 0 Å². The predicted molar refractivity (Wildman–Crippen MR) is 145 cm³/mol. The normalized spacial score (nSPS) is 21.8. The van der Waals surface area contributed by atoms with E-state index in [-0.39, 0.29) is 35.9 Å². The van der Waals surface area contributed by atoms with Gasteiger partial charge in [-0.05, 0) is 62.0 Å². The third kappa shape index (κ3) is 6.72. The molecule has 0 unspecified atom stereocenters. The molecule has 206 valence electrons. The van der Waals surface area contributed by atoms with E-state index in [1.54, 1.807) is 18.2 Å². The van der Waals surface area contributed by atoms with E-state index in [0.717, 1.165) is 44.8 Å². The molecule has 3 aliphatic rings. The summed E-state index contributed by atoms with van der Waals surface area (Å²) in [4.78, 5) is 44.7. The standard InChI is InChI=1S/C28H39FN6O3/c1-4-5-26(32(2)3)34-14-16-35(17-15-34)27(37)19-33-12-10-20(11-13-33)22-7-6-21(18-23(22)29)30-24-8-9-25(36)31-28(24)38/h4-7,18,20,24,30H,1,8-17,19H2,2-3H3,(H,31,36,38)/b26-5+/t24-/m0/s1. The fourth-order valence-electron chi connectivity index (χ4n) is 5.50. The molecule has 3 aliphatic heterocycles. The molecule has 38 heavy (non-hydrogen) atoms. The van der Waals surface area contributed by atoms with Gasteiger partial charge in [-0.15, -0.1) is 0 Å². The minimum Gasteiger partial charge on any atom is -0.374 e. The number of piperazine rings is 1. The van der Waals surface area contributed by atoms with E-state index in [4.69, 9.17) is 0 Å². The van der Waals surface area contributed by atoms with Crippen molar-refractivity contribution in [3.63, 3.8) is 0 Å². The minimum absolute atomic E-state index is 0.0932. The van der Waals surface area contributed by atoms with Crippen LogP contribution in [0.2, 0.25) is 0 Å². The second kappa shape index (κ2) is 12.4. The lowest BCUT2D eigenvalue weighted by Gasteiger charge is -2.40. The van der Waals surface area contributed by atoms with Gasteiger partial charge in [-0.3, -0.25) is 24.6 Å². The highest BCUT2D eigenvalue weighted by atomic mass is 19.1. The number of rotatable bonds is 8.